The molecule has 0 radical (unpaired) electrons. The molecule has 1 saturated heterocycles. The Balaban J connectivity index is 2.05. The van der Waals surface area contributed by atoms with Gasteiger partial charge in [-0.2, -0.15) is 0 Å². The molecule has 1 aromatic carbocycles. The SMILES string of the molecule is CN(C)C1CC(Cl)N(C=O)C1c1cc2ccccc2[nH]1. The van der Waals surface area contributed by atoms with Gasteiger partial charge in [-0.3, -0.25) is 4.79 Å². The zero-order chi connectivity index (χ0) is 14.3. The van der Waals surface area contributed by atoms with Crippen molar-refractivity contribution < 1.29 is 4.79 Å². The standard InChI is InChI=1S/C15H18ClN3O/c1-18(2)13-8-14(16)19(9-20)15(13)12-7-10-5-3-4-6-11(10)17-12/h3-7,9,13-15,17H,8H2,1-2H3. The van der Waals surface area contributed by atoms with E-state index in [1.807, 2.05) is 32.3 Å². The van der Waals surface area contributed by atoms with Gasteiger partial charge in [0.15, 0.2) is 0 Å². The van der Waals surface area contributed by atoms with Gasteiger partial charge >= 0.3 is 0 Å². The molecule has 2 heterocycles. The lowest BCUT2D eigenvalue weighted by molar-refractivity contribution is -0.120. The molecule has 2 aromatic rings. The number of aromatic amines is 1. The lowest BCUT2D eigenvalue weighted by Gasteiger charge is -2.28. The summed E-state index contributed by atoms with van der Waals surface area (Å²) in [4.78, 5) is 18.7. The summed E-state index contributed by atoms with van der Waals surface area (Å²) in [5.74, 6) is 0. The zero-order valence-corrected chi connectivity index (χ0v) is 12.3. The van der Waals surface area contributed by atoms with Crippen LogP contribution >= 0.6 is 11.6 Å². The molecule has 1 amide bonds. The number of hydrogen-bond acceptors (Lipinski definition) is 2. The second-order valence-electron chi connectivity index (χ2n) is 5.51. The zero-order valence-electron chi connectivity index (χ0n) is 11.6. The number of nitrogens with zero attached hydrogens (tertiary/aromatic N) is 2. The monoisotopic (exact) mass is 291 g/mol. The summed E-state index contributed by atoms with van der Waals surface area (Å²) in [7, 11) is 4.05. The number of hydrogen-bond donors (Lipinski definition) is 1. The summed E-state index contributed by atoms with van der Waals surface area (Å²) in [6.07, 6.45) is 1.63. The quantitative estimate of drug-likeness (QED) is 0.536. The van der Waals surface area contributed by atoms with E-state index in [9.17, 15) is 4.79 Å². The summed E-state index contributed by atoms with van der Waals surface area (Å²) in [6.45, 7) is 0. The van der Waals surface area contributed by atoms with Crippen LogP contribution in [0.3, 0.4) is 0 Å². The number of para-hydroxylation sites is 1. The minimum atomic E-state index is -0.253. The van der Waals surface area contributed by atoms with E-state index >= 15 is 0 Å². The molecule has 106 valence electrons. The average Bonchev–Trinajstić information content (AvgIpc) is 2.98. The van der Waals surface area contributed by atoms with Crippen molar-refractivity contribution in [1.29, 1.82) is 0 Å². The Morgan fingerprint density at radius 1 is 1.40 bits per heavy atom. The largest absolute Gasteiger partial charge is 0.357 e. The molecule has 0 aliphatic carbocycles. The fourth-order valence-corrected chi connectivity index (χ4v) is 3.42. The molecule has 5 heteroatoms. The van der Waals surface area contributed by atoms with E-state index in [4.69, 9.17) is 11.6 Å². The van der Waals surface area contributed by atoms with Gasteiger partial charge in [0.05, 0.1) is 6.04 Å². The van der Waals surface area contributed by atoms with E-state index in [0.29, 0.717) is 0 Å². The number of aromatic nitrogens is 1. The number of nitrogens with one attached hydrogen (secondary N) is 1. The van der Waals surface area contributed by atoms with Gasteiger partial charge < -0.3 is 14.8 Å². The molecule has 4 nitrogen and oxygen atoms in total. The molecule has 0 spiro atoms. The van der Waals surface area contributed by atoms with Crippen molar-refractivity contribution in [2.24, 2.45) is 0 Å². The summed E-state index contributed by atoms with van der Waals surface area (Å²) >= 11 is 6.31. The predicted octanol–water partition coefficient (Wildman–Crippen LogP) is 2.57. The molecule has 3 unspecified atom stereocenters. The first kappa shape index (κ1) is 13.5. The molecule has 1 aliphatic rings. The van der Waals surface area contributed by atoms with Crippen LogP contribution in [0.1, 0.15) is 18.2 Å². The Morgan fingerprint density at radius 2 is 2.15 bits per heavy atom. The molecular weight excluding hydrogens is 274 g/mol. The Hall–Kier alpha value is -1.52. The number of benzene rings is 1. The summed E-state index contributed by atoms with van der Waals surface area (Å²) in [5.41, 5.74) is 1.88. The molecule has 0 saturated carbocycles. The van der Waals surface area contributed by atoms with Gasteiger partial charge in [-0.05, 0) is 38.0 Å². The van der Waals surface area contributed by atoms with E-state index in [1.165, 1.54) is 0 Å². The van der Waals surface area contributed by atoms with E-state index < -0.39 is 0 Å². The minimum absolute atomic E-state index is 0.0302. The highest BCUT2D eigenvalue weighted by atomic mass is 35.5. The Morgan fingerprint density at radius 3 is 2.80 bits per heavy atom. The minimum Gasteiger partial charge on any atom is -0.357 e. The van der Waals surface area contributed by atoms with Crippen LogP contribution in [0.15, 0.2) is 30.3 Å². The number of carbonyl (C=O) groups excluding carboxylic acids is 1. The second-order valence-corrected chi connectivity index (χ2v) is 6.01. The van der Waals surface area contributed by atoms with Gasteiger partial charge in [-0.15, -0.1) is 0 Å². The average molecular weight is 292 g/mol. The maximum atomic E-state index is 11.4. The molecule has 3 rings (SSSR count). The number of rotatable bonds is 3. The Bertz CT molecular complexity index is 591. The van der Waals surface area contributed by atoms with E-state index in [2.05, 4.69) is 22.0 Å². The van der Waals surface area contributed by atoms with Gasteiger partial charge in [-0.1, -0.05) is 29.8 Å². The Kier molecular flexibility index (Phi) is 3.44. The highest BCUT2D eigenvalue weighted by Crippen LogP contribution is 2.39. The second kappa shape index (κ2) is 5.11. The third-order valence-electron chi connectivity index (χ3n) is 4.10. The third-order valence-corrected chi connectivity index (χ3v) is 4.50. The van der Waals surface area contributed by atoms with Gasteiger partial charge in [-0.25, -0.2) is 0 Å². The first-order valence-corrected chi connectivity index (χ1v) is 7.16. The molecular formula is C15H18ClN3O. The molecule has 1 N–H and O–H groups in total. The van der Waals surface area contributed by atoms with Crippen LogP contribution < -0.4 is 0 Å². The number of carbonyl (C=O) groups is 1. The molecule has 0 bridgehead atoms. The van der Waals surface area contributed by atoms with Crippen LogP contribution in [0.25, 0.3) is 10.9 Å². The Labute approximate surface area is 123 Å². The molecule has 1 aromatic heterocycles. The summed E-state index contributed by atoms with van der Waals surface area (Å²) in [5, 5.41) is 1.16. The maximum Gasteiger partial charge on any atom is 0.211 e. The van der Waals surface area contributed by atoms with Crippen LogP contribution in [-0.2, 0) is 4.79 Å². The van der Waals surface area contributed by atoms with Crippen molar-refractivity contribution >= 4 is 28.9 Å². The number of amides is 1. The fraction of sp³-hybridized carbons (Fsp3) is 0.400. The van der Waals surface area contributed by atoms with E-state index in [0.717, 1.165) is 29.4 Å². The summed E-state index contributed by atoms with van der Waals surface area (Å²) < 4.78 is 0. The van der Waals surface area contributed by atoms with Gasteiger partial charge in [0, 0.05) is 17.3 Å². The number of H-pyrrole nitrogens is 1. The normalized spacial score (nSPS) is 26.6. The number of likely N-dealkylation sites (N-methyl/N-ethyl adjacent to an activating group) is 1. The molecule has 3 atom stereocenters. The van der Waals surface area contributed by atoms with Crippen LogP contribution in [-0.4, -0.2) is 46.8 Å². The van der Waals surface area contributed by atoms with E-state index in [1.54, 1.807) is 4.90 Å². The van der Waals surface area contributed by atoms with Crippen molar-refractivity contribution in [3.05, 3.63) is 36.0 Å². The summed E-state index contributed by atoms with van der Waals surface area (Å²) in [6, 6.07) is 10.4. The number of alkyl halides is 1. The number of likely N-dealkylation sites (tertiary alicyclic amines) is 1. The first-order valence-electron chi connectivity index (χ1n) is 6.72. The smallest absolute Gasteiger partial charge is 0.211 e. The lowest BCUT2D eigenvalue weighted by atomic mass is 10.0. The molecule has 20 heavy (non-hydrogen) atoms. The van der Waals surface area contributed by atoms with Crippen LogP contribution in [0.2, 0.25) is 0 Å². The highest BCUT2D eigenvalue weighted by molar-refractivity contribution is 6.21. The van der Waals surface area contributed by atoms with Crippen molar-refractivity contribution in [3.8, 4) is 0 Å². The molecule has 1 aliphatic heterocycles. The van der Waals surface area contributed by atoms with Crippen LogP contribution in [0, 0.1) is 0 Å². The molecule has 1 fully saturated rings. The van der Waals surface area contributed by atoms with E-state index in [-0.39, 0.29) is 17.6 Å². The van der Waals surface area contributed by atoms with Gasteiger partial charge in [0.2, 0.25) is 6.41 Å². The maximum absolute atomic E-state index is 11.4. The third kappa shape index (κ3) is 2.09. The fourth-order valence-electron chi connectivity index (χ4n) is 3.07. The van der Waals surface area contributed by atoms with Crippen molar-refractivity contribution in [3.63, 3.8) is 0 Å². The van der Waals surface area contributed by atoms with Gasteiger partial charge in [0.25, 0.3) is 0 Å². The predicted molar refractivity (Wildman–Crippen MR) is 80.7 cm³/mol. The lowest BCUT2D eigenvalue weighted by Crippen LogP contribution is -2.35. The van der Waals surface area contributed by atoms with Crippen molar-refractivity contribution in [2.75, 3.05) is 14.1 Å². The highest BCUT2D eigenvalue weighted by Gasteiger charge is 2.42. The van der Waals surface area contributed by atoms with Crippen LogP contribution in [0.4, 0.5) is 0 Å². The topological polar surface area (TPSA) is 39.3 Å². The number of fused-ring (bicyclic) bond motifs is 1. The van der Waals surface area contributed by atoms with Crippen molar-refractivity contribution in [2.45, 2.75) is 24.0 Å². The van der Waals surface area contributed by atoms with Crippen molar-refractivity contribution in [1.82, 2.24) is 14.8 Å². The van der Waals surface area contributed by atoms with Gasteiger partial charge in [0.1, 0.15) is 5.50 Å². The number of halogens is 1. The first-order chi connectivity index (χ1) is 9.61. The van der Waals surface area contributed by atoms with Crippen LogP contribution in [0.5, 0.6) is 0 Å².